The predicted octanol–water partition coefficient (Wildman–Crippen LogP) is 17.5. The number of nitrogens with zero attached hydrogens (tertiary/aromatic N) is 1. The van der Waals surface area contributed by atoms with Crippen LogP contribution in [-0.4, -0.2) is 0 Å². The molecule has 9 aromatic carbocycles. The molecule has 1 spiro atoms. The number of hydrogen-bond acceptors (Lipinski definition) is 1. The Morgan fingerprint density at radius 1 is 0.313 bits per heavy atom. The van der Waals surface area contributed by atoms with E-state index in [0.717, 1.165) is 12.1 Å². The molecule has 13 rings (SSSR count). The molecule has 0 heterocycles. The smallest absolute Gasteiger partial charge is 0.0726 e. The molecular formula is C66H55N. The molecule has 67 heavy (non-hydrogen) atoms. The summed E-state index contributed by atoms with van der Waals surface area (Å²) >= 11 is 0. The summed E-state index contributed by atoms with van der Waals surface area (Å²) in [5.74, 6) is 0. The van der Waals surface area contributed by atoms with Crippen LogP contribution in [0.2, 0.25) is 0 Å². The van der Waals surface area contributed by atoms with Crippen molar-refractivity contribution in [2.45, 2.75) is 76.0 Å². The lowest BCUT2D eigenvalue weighted by Gasteiger charge is -2.42. The van der Waals surface area contributed by atoms with E-state index < -0.39 is 5.41 Å². The molecular weight excluding hydrogens is 807 g/mol. The van der Waals surface area contributed by atoms with Crippen LogP contribution in [0, 0.1) is 0 Å². The zero-order valence-corrected chi connectivity index (χ0v) is 39.4. The number of benzene rings is 9. The van der Waals surface area contributed by atoms with Crippen LogP contribution < -0.4 is 4.90 Å². The molecule has 9 aromatic rings. The van der Waals surface area contributed by atoms with Gasteiger partial charge in [-0.1, -0.05) is 211 Å². The fourth-order valence-corrected chi connectivity index (χ4v) is 13.1. The fourth-order valence-electron chi connectivity index (χ4n) is 13.1. The van der Waals surface area contributed by atoms with Crippen LogP contribution >= 0.6 is 0 Å². The molecule has 0 aliphatic heterocycles. The maximum atomic E-state index is 2.62. The van der Waals surface area contributed by atoms with Crippen LogP contribution in [0.3, 0.4) is 0 Å². The predicted molar refractivity (Wildman–Crippen MR) is 281 cm³/mol. The van der Waals surface area contributed by atoms with Gasteiger partial charge in [-0.05, 0) is 143 Å². The number of fused-ring (bicyclic) bond motifs is 14. The molecule has 0 saturated heterocycles. The maximum Gasteiger partial charge on any atom is 0.0726 e. The first-order chi connectivity index (χ1) is 32.5. The van der Waals surface area contributed by atoms with Gasteiger partial charge in [-0.2, -0.15) is 0 Å². The van der Waals surface area contributed by atoms with Crippen molar-refractivity contribution in [1.29, 1.82) is 0 Å². The number of rotatable bonds is 5. The van der Waals surface area contributed by atoms with Crippen molar-refractivity contribution < 1.29 is 0 Å². The number of hydrogen-bond donors (Lipinski definition) is 0. The van der Waals surface area contributed by atoms with Crippen molar-refractivity contribution in [2.24, 2.45) is 0 Å². The van der Waals surface area contributed by atoms with E-state index in [4.69, 9.17) is 0 Å². The monoisotopic (exact) mass is 861 g/mol. The molecule has 324 valence electrons. The van der Waals surface area contributed by atoms with Gasteiger partial charge in [-0.15, -0.1) is 0 Å². The van der Waals surface area contributed by atoms with Crippen LogP contribution in [0.25, 0.3) is 55.6 Å². The van der Waals surface area contributed by atoms with Crippen molar-refractivity contribution in [3.05, 3.63) is 245 Å². The lowest BCUT2D eigenvalue weighted by atomic mass is 9.63. The highest BCUT2D eigenvalue weighted by molar-refractivity contribution is 6.02. The van der Waals surface area contributed by atoms with E-state index in [9.17, 15) is 0 Å². The molecule has 0 atom stereocenters. The van der Waals surface area contributed by atoms with E-state index in [2.05, 4.69) is 247 Å². The fraction of sp³-hybridized carbons (Fsp3) is 0.182. The summed E-state index contributed by atoms with van der Waals surface area (Å²) < 4.78 is 0. The van der Waals surface area contributed by atoms with Gasteiger partial charge in [-0.3, -0.25) is 0 Å². The van der Waals surface area contributed by atoms with Gasteiger partial charge in [0.25, 0.3) is 0 Å². The summed E-state index contributed by atoms with van der Waals surface area (Å²) in [7, 11) is 0. The summed E-state index contributed by atoms with van der Waals surface area (Å²) in [6, 6.07) is 76.6. The Morgan fingerprint density at radius 3 is 1.46 bits per heavy atom. The molecule has 0 amide bonds. The molecule has 0 bridgehead atoms. The van der Waals surface area contributed by atoms with Crippen molar-refractivity contribution in [1.82, 2.24) is 0 Å². The third kappa shape index (κ3) is 5.55. The van der Waals surface area contributed by atoms with Crippen LogP contribution in [0.4, 0.5) is 17.1 Å². The van der Waals surface area contributed by atoms with Gasteiger partial charge in [-0.25, -0.2) is 0 Å². The standard InChI is InChI=1S/C66H55N/c1-63(2)37-38-64(3,4)59-39-44(33-36-56(59)63)50-40-51-48-23-12-17-28-55(48)66(53-26-15-10-21-46(53)47-22-11-16-27-54(47)66)58(51)41-61(50)67(45-34-31-43(32-35-45)42-19-8-7-9-20-42)60-30-18-29-57-62(60)49-24-13-14-25-52(49)65(57,5)6/h7-36,39-41H,37-38H2,1-6H3. The summed E-state index contributed by atoms with van der Waals surface area (Å²) in [6.45, 7) is 14.6. The highest BCUT2D eigenvalue weighted by Gasteiger charge is 2.52. The Balaban J connectivity index is 1.17. The topological polar surface area (TPSA) is 3.24 Å². The van der Waals surface area contributed by atoms with E-state index in [1.165, 1.54) is 118 Å². The Bertz CT molecular complexity index is 3440. The Kier molecular flexibility index (Phi) is 8.46. The second kappa shape index (κ2) is 14.1. The minimum atomic E-state index is -0.496. The summed E-state index contributed by atoms with van der Waals surface area (Å²) in [5.41, 5.74) is 26.9. The Labute approximate surface area is 396 Å². The van der Waals surface area contributed by atoms with E-state index in [1.54, 1.807) is 0 Å². The lowest BCUT2D eigenvalue weighted by molar-refractivity contribution is 0.332. The average Bonchev–Trinajstić information content (AvgIpc) is 3.92. The van der Waals surface area contributed by atoms with E-state index in [0.29, 0.717) is 0 Å². The quantitative estimate of drug-likeness (QED) is 0.167. The molecule has 0 fully saturated rings. The summed E-state index contributed by atoms with van der Waals surface area (Å²) in [4.78, 5) is 2.62. The molecule has 0 unspecified atom stereocenters. The average molecular weight is 862 g/mol. The summed E-state index contributed by atoms with van der Waals surface area (Å²) in [5, 5.41) is 0. The highest BCUT2D eigenvalue weighted by Crippen LogP contribution is 2.65. The Hall–Kier alpha value is -7.22. The van der Waals surface area contributed by atoms with Gasteiger partial charge in [0.15, 0.2) is 0 Å². The van der Waals surface area contributed by atoms with Crippen molar-refractivity contribution >= 4 is 17.1 Å². The van der Waals surface area contributed by atoms with E-state index >= 15 is 0 Å². The summed E-state index contributed by atoms with van der Waals surface area (Å²) in [6.07, 6.45) is 2.34. The largest absolute Gasteiger partial charge is 0.309 e. The van der Waals surface area contributed by atoms with Gasteiger partial charge >= 0.3 is 0 Å². The van der Waals surface area contributed by atoms with Crippen molar-refractivity contribution in [3.63, 3.8) is 0 Å². The Morgan fingerprint density at radius 2 is 0.821 bits per heavy atom. The van der Waals surface area contributed by atoms with Gasteiger partial charge in [0, 0.05) is 22.2 Å². The molecule has 4 aliphatic carbocycles. The minimum absolute atomic E-state index is 0.0498. The zero-order chi connectivity index (χ0) is 45.5. The van der Waals surface area contributed by atoms with Gasteiger partial charge < -0.3 is 4.90 Å². The SMILES string of the molecule is CC1(C)CCC(C)(C)c2cc(-c3cc4c(cc3N(c3ccc(-c5ccccc5)cc3)c3cccc5c3-c3ccccc3C5(C)C)C3(c5ccccc5-c5ccccc53)c3ccccc3-4)ccc21. The van der Waals surface area contributed by atoms with Crippen LogP contribution in [0.5, 0.6) is 0 Å². The number of anilines is 3. The first kappa shape index (κ1) is 40.1. The first-order valence-electron chi connectivity index (χ1n) is 24.3. The lowest BCUT2D eigenvalue weighted by Crippen LogP contribution is -2.33. The van der Waals surface area contributed by atoms with Gasteiger partial charge in [0.2, 0.25) is 0 Å². The van der Waals surface area contributed by atoms with Gasteiger partial charge in [0.1, 0.15) is 0 Å². The molecule has 1 nitrogen and oxygen atoms in total. The molecule has 0 radical (unpaired) electrons. The maximum absolute atomic E-state index is 2.62. The third-order valence-electron chi connectivity index (χ3n) is 16.6. The molecule has 4 aliphatic rings. The molecule has 0 saturated carbocycles. The molecule has 1 heteroatoms. The van der Waals surface area contributed by atoms with E-state index in [1.807, 2.05) is 0 Å². The normalized spacial score (nSPS) is 16.6. The van der Waals surface area contributed by atoms with Crippen LogP contribution in [-0.2, 0) is 21.7 Å². The zero-order valence-electron chi connectivity index (χ0n) is 39.4. The first-order valence-corrected chi connectivity index (χ1v) is 24.3. The second-order valence-electron chi connectivity index (χ2n) is 21.4. The third-order valence-corrected chi connectivity index (χ3v) is 16.6. The highest BCUT2D eigenvalue weighted by atomic mass is 15.1. The second-order valence-corrected chi connectivity index (χ2v) is 21.4. The van der Waals surface area contributed by atoms with E-state index in [-0.39, 0.29) is 16.2 Å². The molecule has 0 N–H and O–H groups in total. The van der Waals surface area contributed by atoms with Gasteiger partial charge in [0.05, 0.1) is 16.8 Å². The van der Waals surface area contributed by atoms with Crippen LogP contribution in [0.1, 0.15) is 98.9 Å². The van der Waals surface area contributed by atoms with Crippen molar-refractivity contribution in [3.8, 4) is 55.6 Å². The van der Waals surface area contributed by atoms with Crippen molar-refractivity contribution in [2.75, 3.05) is 4.90 Å². The minimum Gasteiger partial charge on any atom is -0.309 e. The van der Waals surface area contributed by atoms with Crippen LogP contribution in [0.15, 0.2) is 200 Å². The molecule has 0 aromatic heterocycles.